The van der Waals surface area contributed by atoms with Gasteiger partial charge in [0.2, 0.25) is 0 Å². The minimum Gasteiger partial charge on any atom is -0.490 e. The first-order chi connectivity index (χ1) is 14.0. The number of ether oxygens (including phenoxy) is 2. The highest BCUT2D eigenvalue weighted by Gasteiger charge is 2.13. The topological polar surface area (TPSA) is 30.5 Å². The van der Waals surface area contributed by atoms with Crippen LogP contribution in [0.4, 0.5) is 10.1 Å². The molecule has 0 heterocycles. The maximum absolute atomic E-state index is 13.3. The van der Waals surface area contributed by atoms with Crippen molar-refractivity contribution in [2.75, 3.05) is 11.9 Å². The van der Waals surface area contributed by atoms with Crippen LogP contribution in [0, 0.1) is 9.39 Å². The molecule has 3 nitrogen and oxygen atoms in total. The third-order valence-electron chi connectivity index (χ3n) is 4.12. The molecule has 0 unspecified atom stereocenters. The largest absolute Gasteiger partial charge is 0.490 e. The van der Waals surface area contributed by atoms with Crippen molar-refractivity contribution in [2.45, 2.75) is 20.1 Å². The molecule has 0 atom stereocenters. The van der Waals surface area contributed by atoms with E-state index in [4.69, 9.17) is 32.7 Å². The van der Waals surface area contributed by atoms with Crippen molar-refractivity contribution in [1.29, 1.82) is 0 Å². The Balaban J connectivity index is 1.76. The highest BCUT2D eigenvalue weighted by molar-refractivity contribution is 14.1. The van der Waals surface area contributed by atoms with Gasteiger partial charge in [-0.05, 0) is 71.5 Å². The lowest BCUT2D eigenvalue weighted by Gasteiger charge is -2.16. The van der Waals surface area contributed by atoms with Gasteiger partial charge in [0.15, 0.2) is 11.5 Å². The average Bonchev–Trinajstić information content (AvgIpc) is 2.70. The van der Waals surface area contributed by atoms with Gasteiger partial charge in [0, 0.05) is 22.8 Å². The average molecular weight is 546 g/mol. The van der Waals surface area contributed by atoms with Crippen LogP contribution in [-0.2, 0) is 13.2 Å². The second-order valence-corrected chi connectivity index (χ2v) is 8.18. The number of benzene rings is 3. The molecule has 7 heteroatoms. The van der Waals surface area contributed by atoms with E-state index in [1.165, 1.54) is 6.07 Å². The zero-order valence-electron chi connectivity index (χ0n) is 15.6. The van der Waals surface area contributed by atoms with E-state index >= 15 is 0 Å². The zero-order valence-corrected chi connectivity index (χ0v) is 19.3. The summed E-state index contributed by atoms with van der Waals surface area (Å²) in [6.45, 7) is 3.32. The minimum atomic E-state index is -0.439. The van der Waals surface area contributed by atoms with Gasteiger partial charge in [-0.3, -0.25) is 0 Å². The summed E-state index contributed by atoms with van der Waals surface area (Å²) >= 11 is 14.3. The molecule has 0 saturated heterocycles. The van der Waals surface area contributed by atoms with Gasteiger partial charge < -0.3 is 14.8 Å². The highest BCUT2D eigenvalue weighted by atomic mass is 127. The van der Waals surface area contributed by atoms with E-state index in [1.807, 2.05) is 43.3 Å². The molecule has 0 spiro atoms. The van der Waals surface area contributed by atoms with Gasteiger partial charge >= 0.3 is 0 Å². The van der Waals surface area contributed by atoms with Gasteiger partial charge in [0.25, 0.3) is 0 Å². The minimum absolute atomic E-state index is 0.0860. The van der Waals surface area contributed by atoms with E-state index in [9.17, 15) is 4.39 Å². The number of nitrogens with one attached hydrogen (secondary N) is 1. The summed E-state index contributed by atoms with van der Waals surface area (Å²) in [4.78, 5) is 0. The standard InChI is InChI=1S/C22H19Cl2FINO2/c1-2-28-21-10-14(12-27-16-7-8-19(25)18(24)11-16)9-20(26)22(21)29-13-15-5-3-4-6-17(15)23/h3-11,27H,2,12-13H2,1H3. The molecule has 0 aliphatic carbocycles. The fourth-order valence-corrected chi connectivity index (χ4v) is 3.89. The normalized spacial score (nSPS) is 10.7. The summed E-state index contributed by atoms with van der Waals surface area (Å²) < 4.78 is 26.1. The van der Waals surface area contributed by atoms with Crippen molar-refractivity contribution in [3.8, 4) is 11.5 Å². The molecule has 0 radical (unpaired) electrons. The van der Waals surface area contributed by atoms with Crippen molar-refractivity contribution in [2.24, 2.45) is 0 Å². The Labute approximate surface area is 193 Å². The molecule has 1 N–H and O–H groups in total. The number of anilines is 1. The van der Waals surface area contributed by atoms with Gasteiger partial charge in [0.05, 0.1) is 15.2 Å². The Morgan fingerprint density at radius 3 is 2.52 bits per heavy atom. The molecule has 0 saturated carbocycles. The van der Waals surface area contributed by atoms with Crippen LogP contribution in [0.3, 0.4) is 0 Å². The molecular weight excluding hydrogens is 527 g/mol. The summed E-state index contributed by atoms with van der Waals surface area (Å²) in [7, 11) is 0. The summed E-state index contributed by atoms with van der Waals surface area (Å²) in [5.41, 5.74) is 2.65. The van der Waals surface area contributed by atoms with Crippen LogP contribution in [0.1, 0.15) is 18.1 Å². The fraction of sp³-hybridized carbons (Fsp3) is 0.182. The van der Waals surface area contributed by atoms with E-state index in [-0.39, 0.29) is 5.02 Å². The maximum Gasteiger partial charge on any atom is 0.174 e. The van der Waals surface area contributed by atoms with Crippen LogP contribution < -0.4 is 14.8 Å². The molecule has 0 amide bonds. The molecular formula is C22H19Cl2FINO2. The Morgan fingerprint density at radius 1 is 1.00 bits per heavy atom. The first-order valence-electron chi connectivity index (χ1n) is 8.98. The number of rotatable bonds is 8. The SMILES string of the molecule is CCOc1cc(CNc2ccc(F)c(Cl)c2)cc(I)c1OCc1ccccc1Cl. The maximum atomic E-state index is 13.3. The van der Waals surface area contributed by atoms with Crippen molar-refractivity contribution >= 4 is 51.5 Å². The van der Waals surface area contributed by atoms with Crippen molar-refractivity contribution in [3.05, 3.63) is 85.2 Å². The predicted octanol–water partition coefficient (Wildman–Crippen LogP) is 7.33. The summed E-state index contributed by atoms with van der Waals surface area (Å²) in [5, 5.41) is 3.99. The van der Waals surface area contributed by atoms with Gasteiger partial charge in [-0.2, -0.15) is 0 Å². The van der Waals surface area contributed by atoms with Crippen molar-refractivity contribution < 1.29 is 13.9 Å². The first-order valence-corrected chi connectivity index (χ1v) is 10.8. The third kappa shape index (κ3) is 5.90. The molecule has 0 bridgehead atoms. The first kappa shape index (κ1) is 22.0. The Kier molecular flexibility index (Phi) is 7.86. The van der Waals surface area contributed by atoms with Gasteiger partial charge in [-0.1, -0.05) is 41.4 Å². The Bertz CT molecular complexity index is 1000. The zero-order chi connectivity index (χ0) is 20.8. The highest BCUT2D eigenvalue weighted by Crippen LogP contribution is 2.35. The second-order valence-electron chi connectivity index (χ2n) is 6.20. The third-order valence-corrected chi connectivity index (χ3v) is 5.57. The van der Waals surface area contributed by atoms with Crippen molar-refractivity contribution in [1.82, 2.24) is 0 Å². The van der Waals surface area contributed by atoms with E-state index in [0.717, 1.165) is 20.4 Å². The lowest BCUT2D eigenvalue weighted by Crippen LogP contribution is -2.05. The van der Waals surface area contributed by atoms with Crippen molar-refractivity contribution in [3.63, 3.8) is 0 Å². The van der Waals surface area contributed by atoms with Crippen LogP contribution in [-0.4, -0.2) is 6.61 Å². The molecule has 0 aromatic heterocycles. The molecule has 3 aromatic rings. The lowest BCUT2D eigenvalue weighted by molar-refractivity contribution is 0.267. The van der Waals surface area contributed by atoms with Crippen LogP contribution in [0.15, 0.2) is 54.6 Å². The van der Waals surface area contributed by atoms with Crippen LogP contribution in [0.5, 0.6) is 11.5 Å². The molecule has 152 valence electrons. The number of hydrogen-bond donors (Lipinski definition) is 1. The Hall–Kier alpha value is -1.70. The summed E-state index contributed by atoms with van der Waals surface area (Å²) in [6, 6.07) is 16.1. The molecule has 29 heavy (non-hydrogen) atoms. The van der Waals surface area contributed by atoms with E-state index in [1.54, 1.807) is 12.1 Å². The number of halogens is 4. The van der Waals surface area contributed by atoms with E-state index < -0.39 is 5.82 Å². The van der Waals surface area contributed by atoms with Crippen LogP contribution >= 0.6 is 45.8 Å². The van der Waals surface area contributed by atoms with Gasteiger partial charge in [-0.25, -0.2) is 4.39 Å². The molecule has 0 aliphatic rings. The fourth-order valence-electron chi connectivity index (χ4n) is 2.70. The second kappa shape index (κ2) is 10.4. The molecule has 3 aromatic carbocycles. The van der Waals surface area contributed by atoms with Crippen LogP contribution in [0.2, 0.25) is 10.0 Å². The van der Waals surface area contributed by atoms with E-state index in [2.05, 4.69) is 27.9 Å². The quantitative estimate of drug-likeness (QED) is 0.301. The molecule has 0 fully saturated rings. The predicted molar refractivity (Wildman–Crippen MR) is 125 cm³/mol. The van der Waals surface area contributed by atoms with Crippen LogP contribution in [0.25, 0.3) is 0 Å². The lowest BCUT2D eigenvalue weighted by atomic mass is 10.2. The number of hydrogen-bond acceptors (Lipinski definition) is 3. The summed E-state index contributed by atoms with van der Waals surface area (Å²) in [5.74, 6) is 0.909. The van der Waals surface area contributed by atoms with Gasteiger partial charge in [-0.15, -0.1) is 0 Å². The molecule has 0 aliphatic heterocycles. The monoisotopic (exact) mass is 545 g/mol. The Morgan fingerprint density at radius 2 is 1.79 bits per heavy atom. The summed E-state index contributed by atoms with van der Waals surface area (Å²) in [6.07, 6.45) is 0. The molecule has 3 rings (SSSR count). The smallest absolute Gasteiger partial charge is 0.174 e. The van der Waals surface area contributed by atoms with Gasteiger partial charge in [0.1, 0.15) is 12.4 Å². The van der Waals surface area contributed by atoms with E-state index in [0.29, 0.717) is 36.3 Å².